The third-order valence-corrected chi connectivity index (χ3v) is 4.08. The molecule has 0 aliphatic carbocycles. The number of nitrogens with one attached hydrogen (secondary N) is 1. The van der Waals surface area contributed by atoms with Gasteiger partial charge in [0.25, 0.3) is 0 Å². The van der Waals surface area contributed by atoms with E-state index in [9.17, 15) is 0 Å². The van der Waals surface area contributed by atoms with Crippen LogP contribution in [0.4, 0.5) is 5.13 Å². The summed E-state index contributed by atoms with van der Waals surface area (Å²) < 4.78 is 0. The summed E-state index contributed by atoms with van der Waals surface area (Å²) in [6, 6.07) is 9.88. The van der Waals surface area contributed by atoms with Crippen molar-refractivity contribution >= 4 is 16.5 Å². The average molecular weight is 300 g/mol. The number of rotatable bonds is 7. The van der Waals surface area contributed by atoms with E-state index in [0.29, 0.717) is 5.56 Å². The monoisotopic (exact) mass is 300 g/mol. The van der Waals surface area contributed by atoms with E-state index in [-0.39, 0.29) is 0 Å². The van der Waals surface area contributed by atoms with E-state index in [1.807, 2.05) is 31.3 Å². The van der Waals surface area contributed by atoms with Gasteiger partial charge in [-0.3, -0.25) is 0 Å². The molecule has 0 saturated heterocycles. The highest BCUT2D eigenvalue weighted by Gasteiger charge is 2.08. The molecule has 0 radical (unpaired) electrons. The Morgan fingerprint density at radius 2 is 2.29 bits per heavy atom. The lowest BCUT2D eigenvalue weighted by atomic mass is 10.1. The van der Waals surface area contributed by atoms with Gasteiger partial charge in [-0.1, -0.05) is 19.1 Å². The van der Waals surface area contributed by atoms with Crippen molar-refractivity contribution in [3.8, 4) is 6.07 Å². The van der Waals surface area contributed by atoms with Gasteiger partial charge in [0.2, 0.25) is 0 Å². The van der Waals surface area contributed by atoms with Crippen molar-refractivity contribution < 1.29 is 0 Å². The van der Waals surface area contributed by atoms with Gasteiger partial charge in [-0.15, -0.1) is 11.3 Å². The van der Waals surface area contributed by atoms with Crippen molar-refractivity contribution in [1.82, 2.24) is 10.3 Å². The molecule has 0 aliphatic heterocycles. The van der Waals surface area contributed by atoms with Crippen LogP contribution in [0.1, 0.15) is 30.2 Å². The molecule has 4 nitrogen and oxygen atoms in total. The number of aromatic nitrogens is 1. The van der Waals surface area contributed by atoms with Gasteiger partial charge < -0.3 is 10.2 Å². The number of nitriles is 1. The highest BCUT2D eigenvalue weighted by molar-refractivity contribution is 7.13. The molecule has 0 aliphatic rings. The van der Waals surface area contributed by atoms with E-state index >= 15 is 0 Å². The Balaban J connectivity index is 1.96. The molecule has 21 heavy (non-hydrogen) atoms. The van der Waals surface area contributed by atoms with Crippen molar-refractivity contribution in [3.05, 3.63) is 46.5 Å². The Morgan fingerprint density at radius 1 is 1.43 bits per heavy atom. The predicted octanol–water partition coefficient (Wildman–Crippen LogP) is 3.15. The van der Waals surface area contributed by atoms with E-state index in [2.05, 4.69) is 33.6 Å². The molecule has 0 bridgehead atoms. The average Bonchev–Trinajstić information content (AvgIpc) is 2.97. The van der Waals surface area contributed by atoms with Crippen molar-refractivity contribution in [3.63, 3.8) is 0 Å². The zero-order valence-electron chi connectivity index (χ0n) is 12.5. The smallest absolute Gasteiger partial charge is 0.185 e. The lowest BCUT2D eigenvalue weighted by molar-refractivity contribution is 0.666. The fourth-order valence-electron chi connectivity index (χ4n) is 2.03. The van der Waals surface area contributed by atoms with Crippen LogP contribution < -0.4 is 10.2 Å². The van der Waals surface area contributed by atoms with Crippen LogP contribution in [-0.4, -0.2) is 18.6 Å². The first-order valence-electron chi connectivity index (χ1n) is 7.08. The third kappa shape index (κ3) is 4.55. The van der Waals surface area contributed by atoms with E-state index in [1.165, 1.54) is 0 Å². The summed E-state index contributed by atoms with van der Waals surface area (Å²) in [5.74, 6) is 0. The lowest BCUT2D eigenvalue weighted by Gasteiger charge is -2.15. The molecule has 0 fully saturated rings. The van der Waals surface area contributed by atoms with Gasteiger partial charge in [-0.2, -0.15) is 5.26 Å². The summed E-state index contributed by atoms with van der Waals surface area (Å²) in [4.78, 5) is 6.75. The molecular formula is C16H20N4S. The number of hydrogen-bond acceptors (Lipinski definition) is 5. The summed E-state index contributed by atoms with van der Waals surface area (Å²) in [6.45, 7) is 4.75. The highest BCUT2D eigenvalue weighted by atomic mass is 32.1. The summed E-state index contributed by atoms with van der Waals surface area (Å²) in [5, 5.41) is 15.4. The number of hydrogen-bond donors (Lipinski definition) is 1. The molecule has 0 atom stereocenters. The zero-order chi connectivity index (χ0) is 15.1. The van der Waals surface area contributed by atoms with Crippen LogP contribution in [0.15, 0.2) is 29.6 Å². The van der Waals surface area contributed by atoms with Crippen LogP contribution in [0.25, 0.3) is 0 Å². The predicted molar refractivity (Wildman–Crippen MR) is 87.4 cm³/mol. The van der Waals surface area contributed by atoms with Crippen molar-refractivity contribution in [1.29, 1.82) is 5.26 Å². The van der Waals surface area contributed by atoms with E-state index in [0.717, 1.165) is 42.4 Å². The largest absolute Gasteiger partial charge is 0.347 e. The van der Waals surface area contributed by atoms with Crippen LogP contribution in [0.5, 0.6) is 0 Å². The Hall–Kier alpha value is -1.90. The second kappa shape index (κ2) is 7.77. The fraction of sp³-hybridized carbons (Fsp3) is 0.375. The van der Waals surface area contributed by atoms with E-state index in [4.69, 9.17) is 5.26 Å². The first-order valence-corrected chi connectivity index (χ1v) is 7.96. The topological polar surface area (TPSA) is 52.0 Å². The first kappa shape index (κ1) is 15.5. The molecule has 1 heterocycles. The van der Waals surface area contributed by atoms with Crippen molar-refractivity contribution in [2.75, 3.05) is 18.5 Å². The van der Waals surface area contributed by atoms with Gasteiger partial charge in [0.05, 0.1) is 17.3 Å². The Morgan fingerprint density at radius 3 is 3.05 bits per heavy atom. The number of nitrogens with zero attached hydrogens (tertiary/aromatic N) is 3. The molecule has 1 N–H and O–H groups in total. The second-order valence-electron chi connectivity index (χ2n) is 4.97. The summed E-state index contributed by atoms with van der Waals surface area (Å²) in [5.41, 5.74) is 2.91. The molecule has 1 aromatic carbocycles. The van der Waals surface area contributed by atoms with E-state index in [1.54, 1.807) is 11.3 Å². The van der Waals surface area contributed by atoms with Gasteiger partial charge in [-0.25, -0.2) is 4.98 Å². The molecule has 0 unspecified atom stereocenters. The fourth-order valence-corrected chi connectivity index (χ4v) is 2.82. The quantitative estimate of drug-likeness (QED) is 0.798. The zero-order valence-corrected chi connectivity index (χ0v) is 13.3. The minimum atomic E-state index is 0.699. The Labute approximate surface area is 130 Å². The third-order valence-electron chi connectivity index (χ3n) is 3.07. The minimum Gasteiger partial charge on any atom is -0.347 e. The molecular weight excluding hydrogens is 280 g/mol. The van der Waals surface area contributed by atoms with Crippen LogP contribution in [0, 0.1) is 11.3 Å². The van der Waals surface area contributed by atoms with Crippen LogP contribution >= 0.6 is 11.3 Å². The van der Waals surface area contributed by atoms with Crippen molar-refractivity contribution in [2.24, 2.45) is 0 Å². The van der Waals surface area contributed by atoms with Crippen LogP contribution in [0.3, 0.4) is 0 Å². The molecule has 0 saturated carbocycles. The van der Waals surface area contributed by atoms with Gasteiger partial charge in [-0.05, 0) is 30.7 Å². The molecule has 1 aromatic heterocycles. The maximum atomic E-state index is 8.94. The normalized spacial score (nSPS) is 10.3. The number of benzene rings is 1. The van der Waals surface area contributed by atoms with Gasteiger partial charge in [0.15, 0.2) is 5.13 Å². The molecule has 2 aromatic rings. The maximum absolute atomic E-state index is 8.94. The molecule has 5 heteroatoms. The summed E-state index contributed by atoms with van der Waals surface area (Å²) in [6.07, 6.45) is 1.13. The van der Waals surface area contributed by atoms with Gasteiger partial charge in [0, 0.05) is 25.5 Å². The molecule has 2 rings (SSSR count). The lowest BCUT2D eigenvalue weighted by Crippen LogP contribution is -2.17. The maximum Gasteiger partial charge on any atom is 0.185 e. The standard InChI is InChI=1S/C16H20N4S/c1-3-7-18-10-15-12-21-16(19-15)20(2)11-14-6-4-5-13(8-14)9-17/h4-6,8,12,18H,3,7,10-11H2,1-2H3. The Bertz CT molecular complexity index is 615. The molecule has 0 amide bonds. The molecule has 110 valence electrons. The van der Waals surface area contributed by atoms with E-state index < -0.39 is 0 Å². The van der Waals surface area contributed by atoms with Crippen LogP contribution in [-0.2, 0) is 13.1 Å². The number of thiazole rings is 1. The second-order valence-corrected chi connectivity index (χ2v) is 5.80. The minimum absolute atomic E-state index is 0.699. The first-order chi connectivity index (χ1) is 10.2. The summed E-state index contributed by atoms with van der Waals surface area (Å²) in [7, 11) is 2.03. The highest BCUT2D eigenvalue weighted by Crippen LogP contribution is 2.21. The van der Waals surface area contributed by atoms with Crippen LogP contribution in [0.2, 0.25) is 0 Å². The number of anilines is 1. The molecule has 0 spiro atoms. The summed E-state index contributed by atoms with van der Waals surface area (Å²) >= 11 is 1.65. The van der Waals surface area contributed by atoms with Gasteiger partial charge >= 0.3 is 0 Å². The SMILES string of the molecule is CCCNCc1csc(N(C)Cc2cccc(C#N)c2)n1. The van der Waals surface area contributed by atoms with Gasteiger partial charge in [0.1, 0.15) is 0 Å². The van der Waals surface area contributed by atoms with Crippen molar-refractivity contribution in [2.45, 2.75) is 26.4 Å². The Kier molecular flexibility index (Phi) is 5.73.